The molecule has 1 aromatic heterocycles. The molecule has 0 atom stereocenters. The number of nitrogens with zero attached hydrogens (tertiary/aromatic N) is 3. The lowest BCUT2D eigenvalue weighted by atomic mass is 10.0. The highest BCUT2D eigenvalue weighted by Gasteiger charge is 2.52. The number of imide groups is 1. The molecule has 2 aromatic carbocycles. The number of pyridine rings is 1. The van der Waals surface area contributed by atoms with Gasteiger partial charge in [0.15, 0.2) is 0 Å². The van der Waals surface area contributed by atoms with Crippen molar-refractivity contribution in [2.45, 2.75) is 36.3 Å². The van der Waals surface area contributed by atoms with Crippen molar-refractivity contribution in [2.75, 3.05) is 10.2 Å². The Labute approximate surface area is 215 Å². The summed E-state index contributed by atoms with van der Waals surface area (Å²) >= 11 is 0. The Morgan fingerprint density at radius 2 is 1.63 bits per heavy atom. The van der Waals surface area contributed by atoms with E-state index < -0.39 is 43.6 Å². The van der Waals surface area contributed by atoms with Crippen molar-refractivity contribution >= 4 is 39.1 Å². The van der Waals surface area contributed by atoms with Gasteiger partial charge in [0, 0.05) is 18.4 Å². The number of para-hydroxylation sites is 1. The van der Waals surface area contributed by atoms with Gasteiger partial charge in [-0.2, -0.15) is 13.2 Å². The zero-order valence-corrected chi connectivity index (χ0v) is 20.9. The summed E-state index contributed by atoms with van der Waals surface area (Å²) in [6, 6.07) is 14.3. The predicted molar refractivity (Wildman–Crippen MR) is 131 cm³/mol. The number of rotatable bonds is 6. The summed E-state index contributed by atoms with van der Waals surface area (Å²) in [5, 5.41) is 2.71. The van der Waals surface area contributed by atoms with E-state index in [1.807, 2.05) is 0 Å². The number of alkyl halides is 3. The fraction of sp³-hybridized carbons (Fsp3) is 0.200. The summed E-state index contributed by atoms with van der Waals surface area (Å²) in [6.45, 7) is 2.92. The Morgan fingerprint density at radius 3 is 2.24 bits per heavy atom. The molecule has 4 amide bonds. The van der Waals surface area contributed by atoms with Crippen molar-refractivity contribution in [3.05, 3.63) is 84.2 Å². The third-order valence-corrected chi connectivity index (χ3v) is 7.46. The van der Waals surface area contributed by atoms with Crippen LogP contribution in [0.4, 0.5) is 29.3 Å². The molecule has 0 saturated carbocycles. The summed E-state index contributed by atoms with van der Waals surface area (Å²) in [5.41, 5.74) is -5.79. The van der Waals surface area contributed by atoms with Gasteiger partial charge in [-0.3, -0.25) is 14.6 Å². The monoisotopic (exact) mass is 546 g/mol. The minimum Gasteiger partial charge on any atom is -0.321 e. The second-order valence-corrected chi connectivity index (χ2v) is 10.8. The summed E-state index contributed by atoms with van der Waals surface area (Å²) in [5.74, 6) is -1.14. The number of urea groups is 1. The Kier molecular flexibility index (Phi) is 6.74. The van der Waals surface area contributed by atoms with Gasteiger partial charge < -0.3 is 10.2 Å². The van der Waals surface area contributed by atoms with Crippen molar-refractivity contribution in [3.8, 4) is 0 Å². The lowest BCUT2D eigenvalue weighted by molar-refractivity contribution is -0.123. The zero-order chi connectivity index (χ0) is 27.9. The lowest BCUT2D eigenvalue weighted by Gasteiger charge is -2.27. The van der Waals surface area contributed by atoms with Gasteiger partial charge in [-0.05, 0) is 67.9 Å². The van der Waals surface area contributed by atoms with Gasteiger partial charge in [-0.1, -0.05) is 18.2 Å². The number of carbonyl (C=O) groups is 3. The van der Waals surface area contributed by atoms with E-state index in [1.165, 1.54) is 31.0 Å². The first-order chi connectivity index (χ1) is 17.7. The van der Waals surface area contributed by atoms with Crippen LogP contribution in [0.15, 0.2) is 77.8 Å². The fourth-order valence-corrected chi connectivity index (χ4v) is 4.59. The molecule has 1 fully saturated rings. The molecule has 0 aliphatic carbocycles. The molecular formula is C25H21F3N4O5S. The van der Waals surface area contributed by atoms with E-state index in [0.717, 1.165) is 17.0 Å². The van der Waals surface area contributed by atoms with Gasteiger partial charge in [-0.25, -0.2) is 18.1 Å². The van der Waals surface area contributed by atoms with Crippen molar-refractivity contribution in [3.63, 3.8) is 0 Å². The van der Waals surface area contributed by atoms with Crippen LogP contribution in [0.3, 0.4) is 0 Å². The third-order valence-electron chi connectivity index (χ3n) is 5.96. The molecular weight excluding hydrogens is 525 g/mol. The molecule has 9 nitrogen and oxygen atoms in total. The first-order valence-corrected chi connectivity index (χ1v) is 12.6. The Hall–Kier alpha value is -4.26. The molecule has 38 heavy (non-hydrogen) atoms. The molecule has 1 saturated heterocycles. The molecule has 3 aromatic rings. The molecule has 198 valence electrons. The number of hydrogen-bond donors (Lipinski definition) is 1. The number of carbonyl (C=O) groups excluding carboxylic acids is 3. The number of halogens is 3. The molecule has 0 radical (unpaired) electrons. The molecule has 0 spiro atoms. The van der Waals surface area contributed by atoms with Gasteiger partial charge >= 0.3 is 11.5 Å². The zero-order valence-electron chi connectivity index (χ0n) is 20.1. The van der Waals surface area contributed by atoms with E-state index in [-0.39, 0.29) is 17.9 Å². The van der Waals surface area contributed by atoms with Crippen molar-refractivity contribution in [1.82, 2.24) is 9.88 Å². The van der Waals surface area contributed by atoms with E-state index in [2.05, 4.69) is 10.3 Å². The average Bonchev–Trinajstić information content (AvgIpc) is 3.03. The normalized spacial score (nSPS) is 15.6. The number of aromatic nitrogens is 1. The number of hydrogen-bond acceptors (Lipinski definition) is 6. The van der Waals surface area contributed by atoms with Crippen LogP contribution >= 0.6 is 0 Å². The smallest absolute Gasteiger partial charge is 0.321 e. The van der Waals surface area contributed by atoms with Crippen LogP contribution < -0.4 is 10.2 Å². The Balaban J connectivity index is 1.56. The van der Waals surface area contributed by atoms with Crippen molar-refractivity contribution in [1.29, 1.82) is 0 Å². The number of nitrogens with one attached hydrogen (secondary N) is 1. The maximum absolute atomic E-state index is 13.3. The molecule has 4 rings (SSSR count). The standard InChI is InChI=1S/C25H21F3N4O5S/c1-24(2)22(34)32(18-8-10-19(11-9-18)38(36,37)25(26,27)28)23(35)31(24)15-16-12-13-29-20(14-16)21(33)30-17-6-4-3-5-7-17/h3-14H,15H2,1-2H3,(H,30,33). The van der Waals surface area contributed by atoms with Gasteiger partial charge in [0.25, 0.3) is 21.7 Å². The summed E-state index contributed by atoms with van der Waals surface area (Å²) < 4.78 is 61.8. The minimum absolute atomic E-state index is 0.0806. The number of sulfone groups is 1. The largest absolute Gasteiger partial charge is 0.501 e. The first-order valence-electron chi connectivity index (χ1n) is 11.1. The SMILES string of the molecule is CC1(C)C(=O)N(c2ccc(S(=O)(=O)C(F)(F)F)cc2)C(=O)N1Cc1ccnc(C(=O)Nc2ccccc2)c1. The Bertz CT molecular complexity index is 1510. The van der Waals surface area contributed by atoms with Gasteiger partial charge in [-0.15, -0.1) is 0 Å². The minimum atomic E-state index is -5.59. The molecule has 1 aliphatic heterocycles. The van der Waals surface area contributed by atoms with Crippen LogP contribution in [0.1, 0.15) is 29.9 Å². The number of anilines is 2. The van der Waals surface area contributed by atoms with E-state index in [4.69, 9.17) is 0 Å². The van der Waals surface area contributed by atoms with Crippen molar-refractivity contribution in [2.24, 2.45) is 0 Å². The highest BCUT2D eigenvalue weighted by atomic mass is 32.2. The van der Waals surface area contributed by atoms with E-state index in [1.54, 1.807) is 36.4 Å². The van der Waals surface area contributed by atoms with Crippen LogP contribution in [0, 0.1) is 0 Å². The quantitative estimate of drug-likeness (QED) is 0.459. The third kappa shape index (κ3) is 4.84. The Morgan fingerprint density at radius 1 is 1.00 bits per heavy atom. The topological polar surface area (TPSA) is 117 Å². The van der Waals surface area contributed by atoms with E-state index >= 15 is 0 Å². The van der Waals surface area contributed by atoms with Crippen LogP contribution in [0.5, 0.6) is 0 Å². The second kappa shape index (κ2) is 9.56. The van der Waals surface area contributed by atoms with E-state index in [0.29, 0.717) is 23.4 Å². The number of benzene rings is 2. The summed E-state index contributed by atoms with van der Waals surface area (Å²) in [7, 11) is -5.59. The predicted octanol–water partition coefficient (Wildman–Crippen LogP) is 4.37. The molecule has 2 heterocycles. The molecule has 0 unspecified atom stereocenters. The van der Waals surface area contributed by atoms with Crippen LogP contribution in [0.25, 0.3) is 0 Å². The average molecular weight is 547 g/mol. The first kappa shape index (κ1) is 26.8. The fourth-order valence-electron chi connectivity index (χ4n) is 3.83. The van der Waals surface area contributed by atoms with Gasteiger partial charge in [0.05, 0.1) is 10.6 Å². The summed E-state index contributed by atoms with van der Waals surface area (Å²) in [4.78, 5) is 44.1. The maximum atomic E-state index is 13.3. The molecule has 1 aliphatic rings. The highest BCUT2D eigenvalue weighted by molar-refractivity contribution is 7.92. The molecule has 1 N–H and O–H groups in total. The van der Waals surface area contributed by atoms with E-state index in [9.17, 15) is 36.0 Å². The second-order valence-electron chi connectivity index (χ2n) is 8.88. The maximum Gasteiger partial charge on any atom is 0.501 e. The van der Waals surface area contributed by atoms with Crippen LogP contribution in [-0.2, 0) is 21.2 Å². The molecule has 0 bridgehead atoms. The lowest BCUT2D eigenvalue weighted by Crippen LogP contribution is -2.43. The van der Waals surface area contributed by atoms with Crippen molar-refractivity contribution < 1.29 is 36.0 Å². The number of amides is 4. The van der Waals surface area contributed by atoms with Crippen LogP contribution in [-0.4, -0.2) is 47.2 Å². The summed E-state index contributed by atoms with van der Waals surface area (Å²) in [6.07, 6.45) is 1.39. The highest BCUT2D eigenvalue weighted by Crippen LogP contribution is 2.35. The van der Waals surface area contributed by atoms with Crippen LogP contribution in [0.2, 0.25) is 0 Å². The molecule has 13 heteroatoms. The van der Waals surface area contributed by atoms with Gasteiger partial charge in [0.2, 0.25) is 0 Å². The van der Waals surface area contributed by atoms with Gasteiger partial charge in [0.1, 0.15) is 11.2 Å².